The van der Waals surface area contributed by atoms with Crippen LogP contribution in [0.15, 0.2) is 84.9 Å². The fourth-order valence-electron chi connectivity index (χ4n) is 10.5. The van der Waals surface area contributed by atoms with Crippen molar-refractivity contribution in [3.8, 4) is 22.5 Å². The molecule has 0 saturated carbocycles. The number of carbonyl (C=O) groups excluding carboxylic acids is 4. The third-order valence-electron chi connectivity index (χ3n) is 14.4. The summed E-state index contributed by atoms with van der Waals surface area (Å²) < 4.78 is 9.63. The topological polar surface area (TPSA) is 178 Å². The fourth-order valence-corrected chi connectivity index (χ4v) is 10.5. The Balaban J connectivity index is 1.00. The number of anilines is 1. The number of hydrogen-bond donors (Lipinski definition) is 4. The number of benzene rings is 3. The maximum atomic E-state index is 13.8. The maximum absolute atomic E-state index is 13.8. The predicted octanol–water partition coefficient (Wildman–Crippen LogP) is 9.94. The van der Waals surface area contributed by atoms with Gasteiger partial charge in [0.2, 0.25) is 11.8 Å². The van der Waals surface area contributed by atoms with Gasteiger partial charge >= 0.3 is 12.2 Å². The van der Waals surface area contributed by atoms with Gasteiger partial charge in [-0.15, -0.1) is 0 Å². The molecule has 0 spiro atoms. The normalized spacial score (nSPS) is 20.4. The number of nitrogens with one attached hydrogen (secondary N) is 4. The summed E-state index contributed by atoms with van der Waals surface area (Å²) in [5, 5.41) is 21.4. The van der Waals surface area contributed by atoms with Crippen molar-refractivity contribution in [3.63, 3.8) is 0 Å². The Kier molecular flexibility index (Phi) is 14.5. The lowest BCUT2D eigenvalue weighted by molar-refractivity contribution is -0.136. The van der Waals surface area contributed by atoms with E-state index in [0.29, 0.717) is 13.1 Å². The molecule has 3 fully saturated rings. The molecular formula is C54H69N9O6. The predicted molar refractivity (Wildman–Crippen MR) is 266 cm³/mol. The van der Waals surface area contributed by atoms with E-state index < -0.39 is 24.3 Å². The van der Waals surface area contributed by atoms with Crippen molar-refractivity contribution >= 4 is 29.7 Å². The Morgan fingerprint density at radius 2 is 1.00 bits per heavy atom. The highest BCUT2D eigenvalue weighted by Gasteiger charge is 2.40. The number of carbonyl (C=O) groups is 4. The molecule has 366 valence electrons. The summed E-state index contributed by atoms with van der Waals surface area (Å²) in [6.45, 7) is 15.6. The molecule has 6 atom stereocenters. The Morgan fingerprint density at radius 3 is 1.36 bits per heavy atom. The smallest absolute Gasteiger partial charge is 0.407 e. The Bertz CT molecular complexity index is 2430. The molecule has 3 saturated heterocycles. The molecule has 3 aliphatic heterocycles. The average molecular weight is 940 g/mol. The van der Waals surface area contributed by atoms with Gasteiger partial charge in [-0.3, -0.25) is 19.8 Å². The van der Waals surface area contributed by atoms with Crippen molar-refractivity contribution in [1.29, 1.82) is 0 Å². The van der Waals surface area contributed by atoms with Crippen LogP contribution in [0.3, 0.4) is 0 Å². The standard InChI is InChI=1S/C54H69N9O6/c1-32(2)48(55-52(66)68-8)50(64)61-28-10-12-46(61)42-30-40(57-59-42)34-14-18-36(19-15-34)44-26-27-45(63(44)39-24-22-38(23-25-39)54(5,6)7)37-20-16-35(17-21-37)41-31-43(60-58-41)47-13-11-29-62(47)51(65)49(33(3)4)56-53(67)69-9/h14-25,30-33,44-49H,10-13,26-29H2,1-9H3,(H,55,66)(H,56,67)(H,57,59)(H,58,60)/t44-,45-,46-,47-,48-,49-/m0/s1. The van der Waals surface area contributed by atoms with Gasteiger partial charge in [-0.05, 0) is 96.7 Å². The van der Waals surface area contributed by atoms with Gasteiger partial charge < -0.3 is 34.8 Å². The largest absolute Gasteiger partial charge is 0.453 e. The molecule has 3 aliphatic rings. The van der Waals surface area contributed by atoms with Crippen LogP contribution in [0.1, 0.15) is 139 Å². The number of rotatable bonds is 13. The molecule has 4 amide bonds. The molecule has 4 N–H and O–H groups in total. The van der Waals surface area contributed by atoms with Crippen LogP contribution >= 0.6 is 0 Å². The van der Waals surface area contributed by atoms with Gasteiger partial charge in [-0.1, -0.05) is 109 Å². The summed E-state index contributed by atoms with van der Waals surface area (Å²) >= 11 is 0. The Morgan fingerprint density at radius 1 is 0.594 bits per heavy atom. The number of hydrogen-bond acceptors (Lipinski definition) is 9. The van der Waals surface area contributed by atoms with Crippen molar-refractivity contribution < 1.29 is 28.7 Å². The van der Waals surface area contributed by atoms with Crippen molar-refractivity contribution in [2.45, 2.75) is 129 Å². The van der Waals surface area contributed by atoms with Crippen LogP contribution in [0.5, 0.6) is 0 Å². The SMILES string of the molecule is COC(=O)N[C@H](C(=O)N1CCC[C@H]1c1cc(-c2ccc([C@@H]3CC[C@@H](c4ccc(-c5cc([C@@H]6CCCN6C(=O)[C@@H](NC(=O)OC)C(C)C)[nH]n5)cc4)N3c3ccc(C(C)(C)C)cc3)cc2)n[nH]1)C(C)C. The number of ether oxygens (including phenoxy) is 2. The molecule has 0 bridgehead atoms. The summed E-state index contributed by atoms with van der Waals surface area (Å²) in [6.07, 6.45) is 4.04. The second-order valence-electron chi connectivity index (χ2n) is 20.6. The zero-order valence-electron chi connectivity index (χ0n) is 41.5. The lowest BCUT2D eigenvalue weighted by Gasteiger charge is -2.34. The van der Waals surface area contributed by atoms with Crippen molar-refractivity contribution in [2.24, 2.45) is 11.8 Å². The third-order valence-corrected chi connectivity index (χ3v) is 14.4. The van der Waals surface area contributed by atoms with Crippen LogP contribution in [-0.4, -0.2) is 93.6 Å². The second kappa shape index (κ2) is 20.5. The zero-order chi connectivity index (χ0) is 49.1. The fraction of sp³-hybridized carbons (Fsp3) is 0.481. The monoisotopic (exact) mass is 940 g/mol. The Hall–Kier alpha value is -6.64. The highest BCUT2D eigenvalue weighted by molar-refractivity contribution is 5.87. The molecule has 69 heavy (non-hydrogen) atoms. The molecule has 5 aromatic rings. The van der Waals surface area contributed by atoms with E-state index in [1.54, 1.807) is 0 Å². The van der Waals surface area contributed by atoms with E-state index in [0.717, 1.165) is 72.4 Å². The van der Waals surface area contributed by atoms with Crippen LogP contribution < -0.4 is 15.5 Å². The highest BCUT2D eigenvalue weighted by Crippen LogP contribution is 2.48. The molecule has 0 unspecified atom stereocenters. The minimum atomic E-state index is -0.688. The van der Waals surface area contributed by atoms with E-state index in [4.69, 9.17) is 19.7 Å². The van der Waals surface area contributed by atoms with Crippen LogP contribution in [0.2, 0.25) is 0 Å². The van der Waals surface area contributed by atoms with Gasteiger partial charge in [0.05, 0.1) is 61.2 Å². The first-order valence-corrected chi connectivity index (χ1v) is 24.6. The first-order chi connectivity index (χ1) is 33.1. The third kappa shape index (κ3) is 10.4. The molecule has 5 heterocycles. The average Bonchev–Trinajstić information content (AvgIpc) is 4.21. The number of aromatic nitrogens is 4. The Labute approximate surface area is 406 Å². The molecule has 15 nitrogen and oxygen atoms in total. The number of alkyl carbamates (subject to hydrolysis) is 2. The summed E-state index contributed by atoms with van der Waals surface area (Å²) in [5.74, 6) is -0.456. The van der Waals surface area contributed by atoms with Crippen LogP contribution in [0, 0.1) is 11.8 Å². The van der Waals surface area contributed by atoms with Crippen molar-refractivity contribution in [3.05, 3.63) is 113 Å². The van der Waals surface area contributed by atoms with Crippen LogP contribution in [0.25, 0.3) is 22.5 Å². The number of likely N-dealkylation sites (tertiary alicyclic amines) is 2. The number of nitrogens with zero attached hydrogens (tertiary/aromatic N) is 5. The molecule has 3 aromatic carbocycles. The van der Waals surface area contributed by atoms with Gasteiger partial charge in [-0.2, -0.15) is 10.2 Å². The zero-order valence-corrected chi connectivity index (χ0v) is 41.5. The van der Waals surface area contributed by atoms with Gasteiger partial charge in [0.1, 0.15) is 12.1 Å². The van der Waals surface area contributed by atoms with E-state index in [1.807, 2.05) is 49.6 Å². The number of methoxy groups -OCH3 is 2. The van der Waals surface area contributed by atoms with E-state index in [-0.39, 0.29) is 53.2 Å². The summed E-state index contributed by atoms with van der Waals surface area (Å²) in [7, 11) is 2.61. The molecule has 8 rings (SSSR count). The minimum absolute atomic E-state index is 0.0276. The molecule has 0 aliphatic carbocycles. The highest BCUT2D eigenvalue weighted by atomic mass is 16.5. The van der Waals surface area contributed by atoms with E-state index >= 15 is 0 Å². The molecular weight excluding hydrogens is 871 g/mol. The van der Waals surface area contributed by atoms with E-state index in [9.17, 15) is 19.2 Å². The second-order valence-corrected chi connectivity index (χ2v) is 20.6. The lowest BCUT2D eigenvalue weighted by Crippen LogP contribution is -2.51. The van der Waals surface area contributed by atoms with Crippen molar-refractivity contribution in [1.82, 2.24) is 40.8 Å². The maximum Gasteiger partial charge on any atom is 0.407 e. The minimum Gasteiger partial charge on any atom is -0.453 e. The molecule has 2 aromatic heterocycles. The van der Waals surface area contributed by atoms with Gasteiger partial charge in [0.15, 0.2) is 0 Å². The van der Waals surface area contributed by atoms with Gasteiger partial charge in [0, 0.05) is 29.9 Å². The lowest BCUT2D eigenvalue weighted by atomic mass is 9.87. The number of amides is 4. The molecule has 0 radical (unpaired) electrons. The van der Waals surface area contributed by atoms with Crippen LogP contribution in [0.4, 0.5) is 15.3 Å². The summed E-state index contributed by atoms with van der Waals surface area (Å²) in [6, 6.07) is 29.2. The van der Waals surface area contributed by atoms with E-state index in [2.05, 4.69) is 119 Å². The first-order valence-electron chi connectivity index (χ1n) is 24.6. The quantitative estimate of drug-likeness (QED) is 0.0895. The summed E-state index contributed by atoms with van der Waals surface area (Å²) in [4.78, 5) is 58.0. The first kappa shape index (κ1) is 48.8. The van der Waals surface area contributed by atoms with Crippen LogP contribution in [-0.2, 0) is 24.5 Å². The summed E-state index contributed by atoms with van der Waals surface area (Å²) in [5.41, 5.74) is 10.3. The molecule has 15 heteroatoms. The van der Waals surface area contributed by atoms with Crippen molar-refractivity contribution in [2.75, 3.05) is 32.2 Å². The van der Waals surface area contributed by atoms with Gasteiger partial charge in [-0.25, -0.2) is 9.59 Å². The van der Waals surface area contributed by atoms with E-state index in [1.165, 1.54) is 36.6 Å². The number of H-pyrrole nitrogens is 2. The number of aromatic amines is 2. The van der Waals surface area contributed by atoms with Gasteiger partial charge in [0.25, 0.3) is 0 Å².